The van der Waals surface area contributed by atoms with Gasteiger partial charge in [-0.05, 0) is 29.7 Å². The van der Waals surface area contributed by atoms with E-state index in [1.165, 1.54) is 30.3 Å². The van der Waals surface area contributed by atoms with Crippen LogP contribution in [-0.2, 0) is 0 Å². The standard InChI is InChI=1S/C21H29NO/c1-16-11-17(2)13-22(12-16)14-18(3)15-23-21-10-6-8-19-7-4-5-9-20(19)21/h4-10,16-18H,11-15H2,1-3H3/t16-,17-,18-/m1/s1. The number of benzene rings is 2. The summed E-state index contributed by atoms with van der Waals surface area (Å²) in [6.07, 6.45) is 1.37. The maximum Gasteiger partial charge on any atom is 0.127 e. The minimum Gasteiger partial charge on any atom is -0.493 e. The number of hydrogen-bond donors (Lipinski definition) is 0. The van der Waals surface area contributed by atoms with Crippen molar-refractivity contribution in [3.8, 4) is 5.75 Å². The smallest absolute Gasteiger partial charge is 0.127 e. The van der Waals surface area contributed by atoms with E-state index in [9.17, 15) is 0 Å². The zero-order chi connectivity index (χ0) is 16.2. The van der Waals surface area contributed by atoms with Gasteiger partial charge in [-0.25, -0.2) is 0 Å². The number of fused-ring (bicyclic) bond motifs is 1. The van der Waals surface area contributed by atoms with Crippen LogP contribution in [0, 0.1) is 17.8 Å². The third kappa shape index (κ3) is 4.26. The molecule has 2 nitrogen and oxygen atoms in total. The van der Waals surface area contributed by atoms with E-state index in [1.54, 1.807) is 0 Å². The molecule has 1 aliphatic rings. The summed E-state index contributed by atoms with van der Waals surface area (Å²) in [6.45, 7) is 11.5. The Morgan fingerprint density at radius 3 is 2.52 bits per heavy atom. The van der Waals surface area contributed by atoms with Crippen molar-refractivity contribution in [2.45, 2.75) is 27.2 Å². The molecule has 1 aliphatic heterocycles. The van der Waals surface area contributed by atoms with Crippen LogP contribution in [0.3, 0.4) is 0 Å². The molecule has 0 bridgehead atoms. The lowest BCUT2D eigenvalue weighted by molar-refractivity contribution is 0.110. The van der Waals surface area contributed by atoms with Gasteiger partial charge in [0.05, 0.1) is 6.61 Å². The van der Waals surface area contributed by atoms with Crippen LogP contribution in [0.4, 0.5) is 0 Å². The Labute approximate surface area is 140 Å². The lowest BCUT2D eigenvalue weighted by Gasteiger charge is -2.36. The van der Waals surface area contributed by atoms with Gasteiger partial charge in [-0.2, -0.15) is 0 Å². The highest BCUT2D eigenvalue weighted by Crippen LogP contribution is 2.26. The average molecular weight is 311 g/mol. The third-order valence-corrected chi connectivity index (χ3v) is 4.79. The number of piperidine rings is 1. The van der Waals surface area contributed by atoms with Gasteiger partial charge in [-0.1, -0.05) is 57.2 Å². The molecule has 0 radical (unpaired) electrons. The second-order valence-electron chi connectivity index (χ2n) is 7.56. The van der Waals surface area contributed by atoms with Crippen molar-refractivity contribution in [1.82, 2.24) is 4.90 Å². The Kier molecular flexibility index (Phi) is 5.22. The van der Waals surface area contributed by atoms with Crippen molar-refractivity contribution in [3.63, 3.8) is 0 Å². The van der Waals surface area contributed by atoms with E-state index in [2.05, 4.69) is 68.1 Å². The summed E-state index contributed by atoms with van der Waals surface area (Å²) in [5, 5.41) is 2.46. The van der Waals surface area contributed by atoms with Crippen molar-refractivity contribution in [2.75, 3.05) is 26.2 Å². The van der Waals surface area contributed by atoms with E-state index < -0.39 is 0 Å². The lowest BCUT2D eigenvalue weighted by Crippen LogP contribution is -2.41. The average Bonchev–Trinajstić information content (AvgIpc) is 2.52. The first-order valence-corrected chi connectivity index (χ1v) is 8.94. The van der Waals surface area contributed by atoms with Crippen LogP contribution in [0.2, 0.25) is 0 Å². The molecule has 23 heavy (non-hydrogen) atoms. The monoisotopic (exact) mass is 311 g/mol. The number of ether oxygens (including phenoxy) is 1. The van der Waals surface area contributed by atoms with E-state index >= 15 is 0 Å². The molecule has 1 heterocycles. The van der Waals surface area contributed by atoms with E-state index in [1.807, 2.05) is 0 Å². The fourth-order valence-corrected chi connectivity index (χ4v) is 3.99. The molecule has 1 fully saturated rings. The molecule has 0 aromatic heterocycles. The SMILES string of the molecule is C[C@@H]1C[C@@H](C)CN(C[C@@H](C)COc2cccc3ccccc23)C1. The number of nitrogens with zero attached hydrogens (tertiary/aromatic N) is 1. The highest BCUT2D eigenvalue weighted by Gasteiger charge is 2.22. The van der Waals surface area contributed by atoms with Crippen LogP contribution in [0.5, 0.6) is 5.75 Å². The van der Waals surface area contributed by atoms with Gasteiger partial charge in [0, 0.05) is 30.9 Å². The highest BCUT2D eigenvalue weighted by molar-refractivity contribution is 5.88. The fraction of sp³-hybridized carbons (Fsp3) is 0.524. The topological polar surface area (TPSA) is 12.5 Å². The Morgan fingerprint density at radius 2 is 1.74 bits per heavy atom. The van der Waals surface area contributed by atoms with Crippen LogP contribution < -0.4 is 4.74 Å². The molecule has 2 aromatic rings. The summed E-state index contributed by atoms with van der Waals surface area (Å²) >= 11 is 0. The van der Waals surface area contributed by atoms with Crippen molar-refractivity contribution in [1.29, 1.82) is 0 Å². The third-order valence-electron chi connectivity index (χ3n) is 4.79. The lowest BCUT2D eigenvalue weighted by atomic mass is 9.91. The van der Waals surface area contributed by atoms with Gasteiger partial charge in [0.25, 0.3) is 0 Å². The molecule has 0 aliphatic carbocycles. The molecule has 0 unspecified atom stereocenters. The zero-order valence-corrected chi connectivity index (χ0v) is 14.7. The Hall–Kier alpha value is -1.54. The van der Waals surface area contributed by atoms with Crippen LogP contribution in [0.15, 0.2) is 42.5 Å². The number of likely N-dealkylation sites (tertiary alicyclic amines) is 1. The van der Waals surface area contributed by atoms with Gasteiger partial charge in [-0.3, -0.25) is 0 Å². The maximum absolute atomic E-state index is 6.15. The van der Waals surface area contributed by atoms with E-state index in [-0.39, 0.29) is 0 Å². The first kappa shape index (κ1) is 16.3. The molecule has 2 heteroatoms. The number of hydrogen-bond acceptors (Lipinski definition) is 2. The summed E-state index contributed by atoms with van der Waals surface area (Å²) in [7, 11) is 0. The van der Waals surface area contributed by atoms with E-state index in [0.717, 1.165) is 30.7 Å². The van der Waals surface area contributed by atoms with Crippen LogP contribution >= 0.6 is 0 Å². The summed E-state index contributed by atoms with van der Waals surface area (Å²) in [4.78, 5) is 2.62. The molecule has 0 spiro atoms. The quantitative estimate of drug-likeness (QED) is 0.784. The predicted molar refractivity (Wildman–Crippen MR) is 98.0 cm³/mol. The van der Waals surface area contributed by atoms with Gasteiger partial charge >= 0.3 is 0 Å². The van der Waals surface area contributed by atoms with Gasteiger partial charge in [0.1, 0.15) is 5.75 Å². The van der Waals surface area contributed by atoms with Gasteiger partial charge in [0.15, 0.2) is 0 Å². The van der Waals surface area contributed by atoms with Gasteiger partial charge in [-0.15, -0.1) is 0 Å². The van der Waals surface area contributed by atoms with E-state index in [4.69, 9.17) is 4.74 Å². The molecule has 0 N–H and O–H groups in total. The molecular weight excluding hydrogens is 282 g/mol. The normalized spacial score (nSPS) is 23.8. The van der Waals surface area contributed by atoms with Crippen molar-refractivity contribution < 1.29 is 4.74 Å². The second-order valence-corrected chi connectivity index (χ2v) is 7.56. The molecule has 3 atom stereocenters. The van der Waals surface area contributed by atoms with Crippen molar-refractivity contribution in [3.05, 3.63) is 42.5 Å². The molecule has 1 saturated heterocycles. The largest absolute Gasteiger partial charge is 0.493 e. The first-order valence-electron chi connectivity index (χ1n) is 8.94. The van der Waals surface area contributed by atoms with Crippen molar-refractivity contribution >= 4 is 10.8 Å². The van der Waals surface area contributed by atoms with Gasteiger partial charge < -0.3 is 9.64 Å². The first-order chi connectivity index (χ1) is 11.1. The predicted octanol–water partition coefficient (Wildman–Crippen LogP) is 4.83. The molecule has 2 aromatic carbocycles. The van der Waals surface area contributed by atoms with Gasteiger partial charge in [0.2, 0.25) is 0 Å². The molecular formula is C21H29NO. The molecule has 3 rings (SSSR count). The second kappa shape index (κ2) is 7.35. The van der Waals surface area contributed by atoms with E-state index in [0.29, 0.717) is 5.92 Å². The Bertz CT molecular complexity index is 623. The summed E-state index contributed by atoms with van der Waals surface area (Å²) in [5.74, 6) is 3.21. The maximum atomic E-state index is 6.15. The van der Waals surface area contributed by atoms with Crippen LogP contribution in [0.25, 0.3) is 10.8 Å². The van der Waals surface area contributed by atoms with Crippen molar-refractivity contribution in [2.24, 2.45) is 17.8 Å². The number of rotatable bonds is 5. The van der Waals surface area contributed by atoms with Crippen LogP contribution in [0.1, 0.15) is 27.2 Å². The minimum absolute atomic E-state index is 0.548. The highest BCUT2D eigenvalue weighted by atomic mass is 16.5. The molecule has 124 valence electrons. The fourth-order valence-electron chi connectivity index (χ4n) is 3.99. The zero-order valence-electron chi connectivity index (χ0n) is 14.7. The summed E-state index contributed by atoms with van der Waals surface area (Å²) in [5.41, 5.74) is 0. The molecule has 0 saturated carbocycles. The summed E-state index contributed by atoms with van der Waals surface area (Å²) < 4.78 is 6.15. The molecule has 0 amide bonds. The van der Waals surface area contributed by atoms with Crippen LogP contribution in [-0.4, -0.2) is 31.1 Å². The minimum atomic E-state index is 0.548. The Morgan fingerprint density at radius 1 is 1.04 bits per heavy atom. The summed E-state index contributed by atoms with van der Waals surface area (Å²) in [6, 6.07) is 14.7. The Balaban J connectivity index is 1.57.